The summed E-state index contributed by atoms with van der Waals surface area (Å²) in [5.74, 6) is 0.565. The van der Waals surface area contributed by atoms with Crippen LogP contribution in [0.2, 0.25) is 0 Å². The fourth-order valence-corrected chi connectivity index (χ4v) is 2.36. The molecular formula is C16H25BrFN3O. The van der Waals surface area contributed by atoms with Crippen molar-refractivity contribution in [2.24, 2.45) is 4.99 Å². The Morgan fingerprint density at radius 1 is 1.27 bits per heavy atom. The Morgan fingerprint density at radius 2 is 2.05 bits per heavy atom. The number of ether oxygens (including phenoxy) is 1. The molecule has 1 aromatic rings. The lowest BCUT2D eigenvalue weighted by Gasteiger charge is -2.12. The molecule has 1 rings (SSSR count). The first-order valence-corrected chi connectivity index (χ1v) is 8.42. The van der Waals surface area contributed by atoms with Crippen LogP contribution in [0.5, 0.6) is 0 Å². The molecule has 0 aliphatic carbocycles. The van der Waals surface area contributed by atoms with Crippen LogP contribution in [-0.4, -0.2) is 39.3 Å². The molecule has 0 saturated carbocycles. The van der Waals surface area contributed by atoms with Gasteiger partial charge in [-0.15, -0.1) is 0 Å². The topological polar surface area (TPSA) is 45.6 Å². The van der Waals surface area contributed by atoms with Gasteiger partial charge in [-0.2, -0.15) is 0 Å². The van der Waals surface area contributed by atoms with Gasteiger partial charge < -0.3 is 15.4 Å². The van der Waals surface area contributed by atoms with Crippen LogP contribution >= 0.6 is 15.9 Å². The van der Waals surface area contributed by atoms with E-state index in [-0.39, 0.29) is 5.82 Å². The molecule has 0 fully saturated rings. The zero-order chi connectivity index (χ0) is 16.2. The smallest absolute Gasteiger partial charge is 0.190 e. The minimum Gasteiger partial charge on any atom is -0.382 e. The highest BCUT2D eigenvalue weighted by Crippen LogP contribution is 2.15. The first-order chi connectivity index (χ1) is 10.7. The molecule has 0 aromatic heterocycles. The molecule has 0 bridgehead atoms. The van der Waals surface area contributed by atoms with Gasteiger partial charge in [0.25, 0.3) is 0 Å². The van der Waals surface area contributed by atoms with E-state index in [0.29, 0.717) is 18.5 Å². The number of guanidine groups is 1. The number of hydrogen-bond donors (Lipinski definition) is 2. The first-order valence-electron chi connectivity index (χ1n) is 7.63. The van der Waals surface area contributed by atoms with Gasteiger partial charge in [0.05, 0.1) is 0 Å². The van der Waals surface area contributed by atoms with E-state index >= 15 is 0 Å². The summed E-state index contributed by atoms with van der Waals surface area (Å²) in [6, 6.07) is 4.99. The molecule has 4 nitrogen and oxygen atoms in total. The first kappa shape index (κ1) is 18.9. The van der Waals surface area contributed by atoms with Gasteiger partial charge in [-0.3, -0.25) is 4.99 Å². The SMILES string of the molecule is CCOCCCCNC(=NC)NCCc1cc(Br)ccc1F. The molecule has 22 heavy (non-hydrogen) atoms. The Morgan fingerprint density at radius 3 is 2.77 bits per heavy atom. The van der Waals surface area contributed by atoms with E-state index in [1.54, 1.807) is 19.2 Å². The Labute approximate surface area is 140 Å². The lowest BCUT2D eigenvalue weighted by Crippen LogP contribution is -2.38. The highest BCUT2D eigenvalue weighted by molar-refractivity contribution is 9.10. The maximum Gasteiger partial charge on any atom is 0.190 e. The molecule has 0 amide bonds. The summed E-state index contributed by atoms with van der Waals surface area (Å²) in [4.78, 5) is 4.15. The fourth-order valence-electron chi connectivity index (χ4n) is 1.95. The zero-order valence-electron chi connectivity index (χ0n) is 13.3. The van der Waals surface area contributed by atoms with Crippen molar-refractivity contribution in [3.05, 3.63) is 34.1 Å². The van der Waals surface area contributed by atoms with Crippen molar-refractivity contribution in [1.82, 2.24) is 10.6 Å². The minimum atomic E-state index is -0.177. The van der Waals surface area contributed by atoms with E-state index < -0.39 is 0 Å². The second kappa shape index (κ2) is 11.4. The predicted octanol–water partition coefficient (Wildman–Crippen LogP) is 3.11. The van der Waals surface area contributed by atoms with Crippen LogP contribution in [-0.2, 0) is 11.2 Å². The van der Waals surface area contributed by atoms with Gasteiger partial charge in [0.15, 0.2) is 5.96 Å². The summed E-state index contributed by atoms with van der Waals surface area (Å²) in [5.41, 5.74) is 0.689. The molecule has 6 heteroatoms. The van der Waals surface area contributed by atoms with Gasteiger partial charge >= 0.3 is 0 Å². The third kappa shape index (κ3) is 7.75. The molecule has 0 aliphatic rings. The van der Waals surface area contributed by atoms with Crippen LogP contribution in [0.1, 0.15) is 25.3 Å². The maximum atomic E-state index is 13.6. The second-order valence-electron chi connectivity index (χ2n) is 4.82. The Bertz CT molecular complexity index is 469. The lowest BCUT2D eigenvalue weighted by molar-refractivity contribution is 0.143. The van der Waals surface area contributed by atoms with E-state index in [2.05, 4.69) is 31.6 Å². The second-order valence-corrected chi connectivity index (χ2v) is 5.73. The molecule has 1 aromatic carbocycles. The summed E-state index contributed by atoms with van der Waals surface area (Å²) in [7, 11) is 1.73. The summed E-state index contributed by atoms with van der Waals surface area (Å²) < 4.78 is 19.8. The number of nitrogens with zero attached hydrogens (tertiary/aromatic N) is 1. The molecule has 0 aliphatic heterocycles. The molecule has 0 heterocycles. The molecule has 0 radical (unpaired) electrons. The Balaban J connectivity index is 2.22. The van der Waals surface area contributed by atoms with Crippen molar-refractivity contribution in [3.63, 3.8) is 0 Å². The molecule has 0 saturated heterocycles. The zero-order valence-corrected chi connectivity index (χ0v) is 14.9. The normalized spacial score (nSPS) is 11.5. The summed E-state index contributed by atoms with van der Waals surface area (Å²) >= 11 is 3.36. The number of halogens is 2. The van der Waals surface area contributed by atoms with E-state index in [0.717, 1.165) is 43.0 Å². The largest absolute Gasteiger partial charge is 0.382 e. The van der Waals surface area contributed by atoms with Gasteiger partial charge in [-0.05, 0) is 49.9 Å². The molecule has 0 unspecified atom stereocenters. The van der Waals surface area contributed by atoms with Crippen LogP contribution in [0.15, 0.2) is 27.7 Å². The average molecular weight is 374 g/mol. The summed E-state index contributed by atoms with van der Waals surface area (Å²) in [5, 5.41) is 6.43. The van der Waals surface area contributed by atoms with E-state index in [1.165, 1.54) is 6.07 Å². The van der Waals surface area contributed by atoms with Gasteiger partial charge in [-0.1, -0.05) is 15.9 Å². The van der Waals surface area contributed by atoms with Crippen LogP contribution < -0.4 is 10.6 Å². The van der Waals surface area contributed by atoms with Crippen molar-refractivity contribution in [2.45, 2.75) is 26.2 Å². The van der Waals surface area contributed by atoms with Crippen molar-refractivity contribution >= 4 is 21.9 Å². The molecule has 0 atom stereocenters. The molecule has 2 N–H and O–H groups in total. The van der Waals surface area contributed by atoms with Crippen molar-refractivity contribution in [3.8, 4) is 0 Å². The number of benzene rings is 1. The predicted molar refractivity (Wildman–Crippen MR) is 92.9 cm³/mol. The van der Waals surface area contributed by atoms with Crippen LogP contribution in [0, 0.1) is 5.82 Å². The van der Waals surface area contributed by atoms with Crippen LogP contribution in [0.4, 0.5) is 4.39 Å². The minimum absolute atomic E-state index is 0.177. The maximum absolute atomic E-state index is 13.6. The number of rotatable bonds is 9. The number of unbranched alkanes of at least 4 members (excludes halogenated alkanes) is 1. The Hall–Kier alpha value is -1.14. The number of aliphatic imine (C=N–C) groups is 1. The number of hydrogen-bond acceptors (Lipinski definition) is 2. The molecule has 0 spiro atoms. The number of nitrogens with one attached hydrogen (secondary N) is 2. The average Bonchev–Trinajstić information content (AvgIpc) is 2.52. The van der Waals surface area contributed by atoms with E-state index in [1.807, 2.05) is 6.92 Å². The molecule has 124 valence electrons. The quantitative estimate of drug-likeness (QED) is 0.397. The van der Waals surface area contributed by atoms with Gasteiger partial charge in [0.2, 0.25) is 0 Å². The van der Waals surface area contributed by atoms with Gasteiger partial charge in [-0.25, -0.2) is 4.39 Å². The summed E-state index contributed by atoms with van der Waals surface area (Å²) in [6.07, 6.45) is 2.67. The van der Waals surface area contributed by atoms with Crippen LogP contribution in [0.3, 0.4) is 0 Å². The third-order valence-electron chi connectivity index (χ3n) is 3.13. The van der Waals surface area contributed by atoms with Crippen molar-refractivity contribution in [2.75, 3.05) is 33.4 Å². The van der Waals surface area contributed by atoms with Crippen LogP contribution in [0.25, 0.3) is 0 Å². The van der Waals surface area contributed by atoms with E-state index in [4.69, 9.17) is 4.74 Å². The standard InChI is InChI=1S/C16H25BrFN3O/c1-3-22-11-5-4-9-20-16(19-2)21-10-8-13-12-14(17)6-7-15(13)18/h6-7,12H,3-5,8-11H2,1-2H3,(H2,19,20,21). The van der Waals surface area contributed by atoms with Crippen molar-refractivity contribution in [1.29, 1.82) is 0 Å². The Kier molecular flexibility index (Phi) is 9.82. The van der Waals surface area contributed by atoms with E-state index in [9.17, 15) is 4.39 Å². The summed E-state index contributed by atoms with van der Waals surface area (Å²) in [6.45, 7) is 5.04. The highest BCUT2D eigenvalue weighted by Gasteiger charge is 2.03. The monoisotopic (exact) mass is 373 g/mol. The third-order valence-corrected chi connectivity index (χ3v) is 3.62. The fraction of sp³-hybridized carbons (Fsp3) is 0.562. The highest BCUT2D eigenvalue weighted by atomic mass is 79.9. The van der Waals surface area contributed by atoms with Gasteiger partial charge in [0.1, 0.15) is 5.82 Å². The lowest BCUT2D eigenvalue weighted by atomic mass is 10.1. The van der Waals surface area contributed by atoms with Crippen molar-refractivity contribution < 1.29 is 9.13 Å². The van der Waals surface area contributed by atoms with Gasteiger partial charge in [0, 0.05) is 37.8 Å². The molecular weight excluding hydrogens is 349 g/mol.